The Hall–Kier alpha value is -0.370. The summed E-state index contributed by atoms with van der Waals surface area (Å²) in [6.45, 7) is 1.71. The maximum absolute atomic E-state index is 9.92. The molecule has 96 valence electrons. The van der Waals surface area contributed by atoms with Crippen molar-refractivity contribution in [3.8, 4) is 5.75 Å². The number of phenolic OH excluding ortho intramolecular Hbond substituents is 1. The van der Waals surface area contributed by atoms with Crippen molar-refractivity contribution in [1.82, 2.24) is 4.72 Å². The van der Waals surface area contributed by atoms with E-state index in [-0.39, 0.29) is 10.6 Å². The SMILES string of the molecule is Cc1cc2c(cc1O)S(O)(O)NC(C(Cl)Cl)N2. The quantitative estimate of drug-likeness (QED) is 0.407. The average Bonchev–Trinajstić information content (AvgIpc) is 2.20. The van der Waals surface area contributed by atoms with Crippen LogP contribution in [0.4, 0.5) is 5.69 Å². The number of nitrogens with one attached hydrogen (secondary N) is 2. The number of rotatable bonds is 1. The second kappa shape index (κ2) is 4.38. The van der Waals surface area contributed by atoms with Crippen LogP contribution in [-0.4, -0.2) is 25.2 Å². The first kappa shape index (κ1) is 13.1. The number of fused-ring (bicyclic) bond motifs is 1. The number of benzene rings is 1. The minimum atomic E-state index is -3.22. The lowest BCUT2D eigenvalue weighted by molar-refractivity contribution is 0.447. The zero-order valence-electron chi connectivity index (χ0n) is 8.82. The van der Waals surface area contributed by atoms with Crippen molar-refractivity contribution in [3.05, 3.63) is 17.7 Å². The highest BCUT2D eigenvalue weighted by molar-refractivity contribution is 8.22. The molecule has 1 heterocycles. The van der Waals surface area contributed by atoms with Crippen molar-refractivity contribution in [3.63, 3.8) is 0 Å². The molecule has 1 aromatic carbocycles. The fourth-order valence-electron chi connectivity index (χ4n) is 1.58. The van der Waals surface area contributed by atoms with Crippen molar-refractivity contribution in [2.75, 3.05) is 5.32 Å². The van der Waals surface area contributed by atoms with Crippen molar-refractivity contribution in [1.29, 1.82) is 0 Å². The molecular formula is C9H12Cl2N2O3S. The van der Waals surface area contributed by atoms with Crippen LogP contribution in [0.2, 0.25) is 0 Å². The number of aryl methyl sites for hydroxylation is 1. The van der Waals surface area contributed by atoms with E-state index in [1.165, 1.54) is 6.07 Å². The van der Waals surface area contributed by atoms with E-state index in [0.29, 0.717) is 11.3 Å². The lowest BCUT2D eigenvalue weighted by atomic mass is 10.2. The van der Waals surface area contributed by atoms with Gasteiger partial charge in [0.1, 0.15) is 21.6 Å². The first-order valence-electron chi connectivity index (χ1n) is 4.75. The van der Waals surface area contributed by atoms with Crippen LogP contribution in [0.25, 0.3) is 0 Å². The Morgan fingerprint density at radius 2 is 2.00 bits per heavy atom. The van der Waals surface area contributed by atoms with Crippen LogP contribution in [0.3, 0.4) is 0 Å². The molecule has 1 atom stereocenters. The highest BCUT2D eigenvalue weighted by atomic mass is 35.5. The molecule has 0 aromatic heterocycles. The Morgan fingerprint density at radius 3 is 2.59 bits per heavy atom. The van der Waals surface area contributed by atoms with E-state index in [1.54, 1.807) is 13.0 Å². The second-order valence-electron chi connectivity index (χ2n) is 3.76. The number of hydrogen-bond acceptors (Lipinski definition) is 5. The first-order valence-corrected chi connectivity index (χ1v) is 7.17. The van der Waals surface area contributed by atoms with Crippen LogP contribution < -0.4 is 10.0 Å². The number of halogens is 2. The lowest BCUT2D eigenvalue weighted by Crippen LogP contribution is -2.46. The molecule has 0 aliphatic carbocycles. The summed E-state index contributed by atoms with van der Waals surface area (Å²) in [5, 5.41) is 12.5. The average molecular weight is 299 g/mol. The van der Waals surface area contributed by atoms with E-state index < -0.39 is 21.8 Å². The van der Waals surface area contributed by atoms with Gasteiger partial charge in [0.15, 0.2) is 0 Å². The molecule has 0 bridgehead atoms. The summed E-state index contributed by atoms with van der Waals surface area (Å²) in [5.74, 6) is -0.000859. The lowest BCUT2D eigenvalue weighted by Gasteiger charge is -2.43. The van der Waals surface area contributed by atoms with E-state index in [0.717, 1.165) is 0 Å². The summed E-state index contributed by atoms with van der Waals surface area (Å²) in [5.41, 5.74) is 1.11. The predicted octanol–water partition coefficient (Wildman–Crippen LogP) is 2.87. The van der Waals surface area contributed by atoms with Crippen LogP contribution in [0, 0.1) is 6.92 Å². The third-order valence-corrected chi connectivity index (χ3v) is 4.50. The highest BCUT2D eigenvalue weighted by Gasteiger charge is 2.33. The van der Waals surface area contributed by atoms with Gasteiger partial charge in [0.25, 0.3) is 0 Å². The molecule has 0 amide bonds. The van der Waals surface area contributed by atoms with Crippen molar-refractivity contribution in [2.24, 2.45) is 0 Å². The van der Waals surface area contributed by atoms with Gasteiger partial charge in [0, 0.05) is 6.07 Å². The van der Waals surface area contributed by atoms with Crippen molar-refractivity contribution in [2.45, 2.75) is 22.8 Å². The molecule has 0 saturated carbocycles. The number of alkyl halides is 2. The summed E-state index contributed by atoms with van der Waals surface area (Å²) < 4.78 is 22.3. The Kier molecular flexibility index (Phi) is 3.37. The summed E-state index contributed by atoms with van der Waals surface area (Å²) in [6, 6.07) is 2.93. The maximum Gasteiger partial charge on any atom is 0.142 e. The molecule has 2 rings (SSSR count). The largest absolute Gasteiger partial charge is 0.508 e. The van der Waals surface area contributed by atoms with Crippen LogP contribution in [0.15, 0.2) is 17.0 Å². The molecule has 0 radical (unpaired) electrons. The molecule has 5 nitrogen and oxygen atoms in total. The number of anilines is 1. The Morgan fingerprint density at radius 1 is 1.35 bits per heavy atom. The molecule has 0 fully saturated rings. The zero-order chi connectivity index (χ0) is 12.8. The van der Waals surface area contributed by atoms with Gasteiger partial charge < -0.3 is 10.4 Å². The van der Waals surface area contributed by atoms with Crippen LogP contribution in [0.1, 0.15) is 5.56 Å². The van der Waals surface area contributed by atoms with Gasteiger partial charge in [-0.3, -0.25) is 9.11 Å². The van der Waals surface area contributed by atoms with Gasteiger partial charge >= 0.3 is 0 Å². The monoisotopic (exact) mass is 298 g/mol. The zero-order valence-corrected chi connectivity index (χ0v) is 11.1. The Bertz CT molecular complexity index is 456. The fourth-order valence-corrected chi connectivity index (χ4v) is 3.36. The second-order valence-corrected chi connectivity index (χ2v) is 6.70. The molecule has 8 heteroatoms. The van der Waals surface area contributed by atoms with Crippen molar-refractivity contribution < 1.29 is 14.2 Å². The van der Waals surface area contributed by atoms with E-state index >= 15 is 0 Å². The van der Waals surface area contributed by atoms with Gasteiger partial charge in [-0.2, -0.15) is 4.72 Å². The normalized spacial score (nSPS) is 24.0. The Labute approximate surface area is 110 Å². The number of hydrogen-bond donors (Lipinski definition) is 5. The molecule has 17 heavy (non-hydrogen) atoms. The minimum Gasteiger partial charge on any atom is -0.508 e. The minimum absolute atomic E-state index is 0.000859. The smallest absolute Gasteiger partial charge is 0.142 e. The Balaban J connectivity index is 2.49. The van der Waals surface area contributed by atoms with E-state index in [1.807, 2.05) is 0 Å². The third-order valence-electron chi connectivity index (χ3n) is 2.46. The highest BCUT2D eigenvalue weighted by Crippen LogP contribution is 2.53. The molecule has 1 aliphatic rings. The standard InChI is InChI=1S/C9H12Cl2N2O3S/c1-4-2-5-7(3-6(4)14)17(15,16)13-9(12-5)8(10)11/h2-3,8-9,12-16H,1H3. The van der Waals surface area contributed by atoms with Gasteiger partial charge in [0.05, 0.1) is 5.69 Å². The first-order chi connectivity index (χ1) is 7.81. The summed E-state index contributed by atoms with van der Waals surface area (Å²) in [7, 11) is -3.22. The van der Waals surface area contributed by atoms with Gasteiger partial charge in [-0.25, -0.2) is 0 Å². The molecule has 5 N–H and O–H groups in total. The molecular weight excluding hydrogens is 287 g/mol. The van der Waals surface area contributed by atoms with Crippen molar-refractivity contribution >= 4 is 39.7 Å². The van der Waals surface area contributed by atoms with Gasteiger partial charge in [0.2, 0.25) is 0 Å². The fraction of sp³-hybridized carbons (Fsp3) is 0.333. The summed E-state index contributed by atoms with van der Waals surface area (Å²) in [6.07, 6.45) is -0.667. The number of phenols is 1. The maximum atomic E-state index is 9.92. The van der Waals surface area contributed by atoms with Crippen LogP contribution in [0.5, 0.6) is 5.75 Å². The third kappa shape index (κ3) is 2.42. The molecule has 1 aliphatic heterocycles. The van der Waals surface area contributed by atoms with Gasteiger partial charge in [-0.1, -0.05) is 0 Å². The van der Waals surface area contributed by atoms with E-state index in [4.69, 9.17) is 23.2 Å². The van der Waals surface area contributed by atoms with Gasteiger partial charge in [-0.05, 0) is 18.6 Å². The summed E-state index contributed by atoms with van der Waals surface area (Å²) in [4.78, 5) is -0.644. The van der Waals surface area contributed by atoms with Crippen LogP contribution >= 0.6 is 34.0 Å². The molecule has 1 aromatic rings. The summed E-state index contributed by atoms with van der Waals surface area (Å²) >= 11 is 11.4. The van der Waals surface area contributed by atoms with Crippen LogP contribution in [-0.2, 0) is 0 Å². The number of aromatic hydroxyl groups is 1. The van der Waals surface area contributed by atoms with Gasteiger partial charge in [-0.15, -0.1) is 34.0 Å². The predicted molar refractivity (Wildman–Crippen MR) is 70.0 cm³/mol. The van der Waals surface area contributed by atoms with E-state index in [2.05, 4.69) is 10.0 Å². The topological polar surface area (TPSA) is 84.8 Å². The van der Waals surface area contributed by atoms with E-state index in [9.17, 15) is 14.2 Å². The molecule has 0 saturated heterocycles. The molecule has 1 unspecified atom stereocenters. The molecule has 0 spiro atoms.